The third-order valence-corrected chi connectivity index (χ3v) is 9.60. The fourth-order valence-electron chi connectivity index (χ4n) is 6.53. The average molecular weight is 568 g/mol. The van der Waals surface area contributed by atoms with Crippen molar-refractivity contribution in [1.82, 2.24) is 0 Å². The van der Waals surface area contributed by atoms with Gasteiger partial charge in [-0.05, 0) is 71.1 Å². The molecule has 0 saturated carbocycles. The Morgan fingerprint density at radius 3 is 2.07 bits per heavy atom. The Morgan fingerprint density at radius 1 is 0.465 bits per heavy atom. The molecule has 2 heterocycles. The molecule has 0 radical (unpaired) electrons. The predicted molar refractivity (Wildman–Crippen MR) is 184 cm³/mol. The van der Waals surface area contributed by atoms with Crippen molar-refractivity contribution < 1.29 is 4.42 Å². The zero-order valence-corrected chi connectivity index (χ0v) is 24.0. The molecule has 0 saturated heterocycles. The van der Waals surface area contributed by atoms with Gasteiger partial charge in [-0.25, -0.2) is 0 Å². The molecule has 9 rings (SSSR count). The molecule has 0 spiro atoms. The lowest BCUT2D eigenvalue weighted by atomic mass is 9.99. The van der Waals surface area contributed by atoms with Gasteiger partial charge in [0, 0.05) is 42.3 Å². The lowest BCUT2D eigenvalue weighted by molar-refractivity contribution is 0.672. The fourth-order valence-corrected chi connectivity index (χ4v) is 7.66. The van der Waals surface area contributed by atoms with Crippen LogP contribution in [0.4, 0.5) is 17.1 Å². The minimum atomic E-state index is 0.886. The van der Waals surface area contributed by atoms with E-state index in [0.717, 1.165) is 44.4 Å². The molecule has 0 atom stereocenters. The molecule has 0 amide bonds. The second-order valence-corrected chi connectivity index (χ2v) is 12.0. The first-order chi connectivity index (χ1) is 21.3. The van der Waals surface area contributed by atoms with Crippen molar-refractivity contribution in [3.8, 4) is 11.1 Å². The first-order valence-corrected chi connectivity index (χ1v) is 15.3. The Labute approximate surface area is 252 Å². The molecule has 0 aliphatic rings. The number of anilines is 3. The van der Waals surface area contributed by atoms with Gasteiger partial charge in [0.05, 0.1) is 11.1 Å². The summed E-state index contributed by atoms with van der Waals surface area (Å²) in [5, 5.41) is 7.20. The number of hydrogen-bond acceptors (Lipinski definition) is 3. The Hall–Kier alpha value is -5.38. The highest BCUT2D eigenvalue weighted by Crippen LogP contribution is 2.45. The molecule has 7 aromatic carbocycles. The molecule has 0 aliphatic carbocycles. The third-order valence-electron chi connectivity index (χ3n) is 8.46. The molecule has 0 fully saturated rings. The van der Waals surface area contributed by atoms with Crippen molar-refractivity contribution in [2.75, 3.05) is 4.90 Å². The molecule has 2 nitrogen and oxygen atoms in total. The van der Waals surface area contributed by atoms with Crippen molar-refractivity contribution >= 4 is 81.3 Å². The van der Waals surface area contributed by atoms with E-state index in [2.05, 4.69) is 157 Å². The van der Waals surface area contributed by atoms with Gasteiger partial charge in [-0.2, -0.15) is 0 Å². The zero-order valence-electron chi connectivity index (χ0n) is 23.2. The normalized spacial score (nSPS) is 11.7. The van der Waals surface area contributed by atoms with Crippen LogP contribution in [-0.2, 0) is 0 Å². The van der Waals surface area contributed by atoms with Gasteiger partial charge in [0.15, 0.2) is 0 Å². The first-order valence-electron chi connectivity index (χ1n) is 14.5. The monoisotopic (exact) mass is 567 g/mol. The van der Waals surface area contributed by atoms with E-state index < -0.39 is 0 Å². The molecule has 2 aromatic heterocycles. The minimum Gasteiger partial charge on any atom is -0.455 e. The molecule has 202 valence electrons. The number of rotatable bonds is 4. The Balaban J connectivity index is 1.24. The second kappa shape index (κ2) is 9.59. The Morgan fingerprint density at radius 2 is 1.19 bits per heavy atom. The molecule has 0 aliphatic heterocycles. The van der Waals surface area contributed by atoms with Crippen LogP contribution in [0.3, 0.4) is 0 Å². The summed E-state index contributed by atoms with van der Waals surface area (Å²) in [5.41, 5.74) is 7.59. The zero-order chi connectivity index (χ0) is 28.3. The summed E-state index contributed by atoms with van der Waals surface area (Å²) < 4.78 is 9.19. The van der Waals surface area contributed by atoms with Crippen molar-refractivity contribution in [3.05, 3.63) is 152 Å². The van der Waals surface area contributed by atoms with Gasteiger partial charge in [-0.3, -0.25) is 0 Å². The molecule has 9 aromatic rings. The Kier molecular flexibility index (Phi) is 5.40. The summed E-state index contributed by atoms with van der Waals surface area (Å²) in [5.74, 6) is 0. The number of para-hydroxylation sites is 1. The van der Waals surface area contributed by atoms with Gasteiger partial charge >= 0.3 is 0 Å². The molecule has 0 unspecified atom stereocenters. The van der Waals surface area contributed by atoms with E-state index in [1.807, 2.05) is 11.3 Å². The number of furan rings is 1. The van der Waals surface area contributed by atoms with Crippen LogP contribution in [0.5, 0.6) is 0 Å². The van der Waals surface area contributed by atoms with Gasteiger partial charge in [0.25, 0.3) is 0 Å². The fraction of sp³-hybridized carbons (Fsp3) is 0. The number of fused-ring (bicyclic) bond motifs is 8. The summed E-state index contributed by atoms with van der Waals surface area (Å²) in [6.45, 7) is 0. The van der Waals surface area contributed by atoms with Crippen molar-refractivity contribution in [3.63, 3.8) is 0 Å². The highest BCUT2D eigenvalue weighted by molar-refractivity contribution is 7.25. The van der Waals surface area contributed by atoms with Crippen LogP contribution in [0, 0.1) is 0 Å². The molecular formula is C40H25NOS. The van der Waals surface area contributed by atoms with Crippen molar-refractivity contribution in [2.45, 2.75) is 0 Å². The van der Waals surface area contributed by atoms with Gasteiger partial charge in [0.1, 0.15) is 11.2 Å². The smallest absolute Gasteiger partial charge is 0.143 e. The lowest BCUT2D eigenvalue weighted by Gasteiger charge is -2.26. The van der Waals surface area contributed by atoms with Crippen LogP contribution in [0.2, 0.25) is 0 Å². The highest BCUT2D eigenvalue weighted by Gasteiger charge is 2.20. The molecule has 0 bridgehead atoms. The number of hydrogen-bond donors (Lipinski definition) is 0. The first kappa shape index (κ1) is 24.2. The average Bonchev–Trinajstić information content (AvgIpc) is 3.65. The van der Waals surface area contributed by atoms with E-state index in [1.165, 1.54) is 36.7 Å². The van der Waals surface area contributed by atoms with E-state index >= 15 is 0 Å². The Bertz CT molecular complexity index is 2450. The van der Waals surface area contributed by atoms with Crippen LogP contribution in [0.15, 0.2) is 156 Å². The van der Waals surface area contributed by atoms with Gasteiger partial charge in [-0.1, -0.05) is 97.1 Å². The number of nitrogens with zero attached hydrogens (tertiary/aromatic N) is 1. The van der Waals surface area contributed by atoms with E-state index in [1.54, 1.807) is 0 Å². The predicted octanol–water partition coefficient (Wildman–Crippen LogP) is 12.2. The topological polar surface area (TPSA) is 16.4 Å². The van der Waals surface area contributed by atoms with E-state index in [0.29, 0.717) is 0 Å². The van der Waals surface area contributed by atoms with Crippen LogP contribution in [-0.4, -0.2) is 0 Å². The summed E-state index contributed by atoms with van der Waals surface area (Å²) in [6, 6.07) is 54.1. The third kappa shape index (κ3) is 3.79. The number of benzene rings is 7. The second-order valence-electron chi connectivity index (χ2n) is 10.9. The summed E-state index contributed by atoms with van der Waals surface area (Å²) in [4.78, 5) is 2.34. The van der Waals surface area contributed by atoms with Gasteiger partial charge in [-0.15, -0.1) is 11.3 Å². The summed E-state index contributed by atoms with van der Waals surface area (Å²) in [6.07, 6.45) is 0. The van der Waals surface area contributed by atoms with Gasteiger partial charge < -0.3 is 9.32 Å². The lowest BCUT2D eigenvalue weighted by Crippen LogP contribution is -2.10. The van der Waals surface area contributed by atoms with Crippen LogP contribution < -0.4 is 4.90 Å². The largest absolute Gasteiger partial charge is 0.455 e. The van der Waals surface area contributed by atoms with Crippen molar-refractivity contribution in [1.29, 1.82) is 0 Å². The van der Waals surface area contributed by atoms with Crippen LogP contribution >= 0.6 is 11.3 Å². The van der Waals surface area contributed by atoms with Crippen molar-refractivity contribution in [2.24, 2.45) is 0 Å². The number of thiophene rings is 1. The van der Waals surface area contributed by atoms with E-state index in [-0.39, 0.29) is 0 Å². The highest BCUT2D eigenvalue weighted by atomic mass is 32.1. The maximum absolute atomic E-state index is 6.55. The summed E-state index contributed by atoms with van der Waals surface area (Å²) >= 11 is 1.86. The molecular weight excluding hydrogens is 543 g/mol. The van der Waals surface area contributed by atoms with Crippen LogP contribution in [0.1, 0.15) is 0 Å². The van der Waals surface area contributed by atoms with Crippen LogP contribution in [0.25, 0.3) is 64.0 Å². The quantitative estimate of drug-likeness (QED) is 0.210. The van der Waals surface area contributed by atoms with E-state index in [4.69, 9.17) is 4.42 Å². The standard InChI is InChI=1S/C40H25NOS/c1-2-11-28(12-3-1)41(34-16-9-17-35-39(34)33-25-22-26-10-4-5-13-31(26)40(33)42-35)29-23-20-27(21-24-29)30-15-8-19-37-38(30)32-14-6-7-18-36(32)43-37/h1-25H. The van der Waals surface area contributed by atoms with E-state index in [9.17, 15) is 0 Å². The molecule has 3 heteroatoms. The molecule has 0 N–H and O–H groups in total. The SMILES string of the molecule is c1ccc(N(c2ccc(-c3cccc4sc5ccccc5c34)cc2)c2cccc3oc4c5ccccc5ccc4c23)cc1. The minimum absolute atomic E-state index is 0.886. The maximum atomic E-state index is 6.55. The van der Waals surface area contributed by atoms with Gasteiger partial charge in [0.2, 0.25) is 0 Å². The molecule has 43 heavy (non-hydrogen) atoms. The summed E-state index contributed by atoms with van der Waals surface area (Å²) in [7, 11) is 0. The maximum Gasteiger partial charge on any atom is 0.143 e.